The van der Waals surface area contributed by atoms with Crippen LogP contribution in [0.5, 0.6) is 0 Å². The lowest BCUT2D eigenvalue weighted by atomic mass is 10.5. The van der Waals surface area contributed by atoms with Crippen LogP contribution in [0.1, 0.15) is 5.69 Å². The van der Waals surface area contributed by atoms with Crippen LogP contribution >= 0.6 is 11.6 Å². The molecule has 0 aliphatic rings. The number of carbonyl (C=O) groups excluding carboxylic acids is 1. The maximum atomic E-state index is 10.2. The van der Waals surface area contributed by atoms with Crippen molar-refractivity contribution in [2.24, 2.45) is 17.9 Å². The highest BCUT2D eigenvalue weighted by atomic mass is 35.5. The summed E-state index contributed by atoms with van der Waals surface area (Å²) in [5, 5.41) is 7.86. The van der Waals surface area contributed by atoms with Gasteiger partial charge in [0.05, 0.1) is 23.1 Å². The third-order valence-electron chi connectivity index (χ3n) is 1.30. The highest BCUT2D eigenvalue weighted by Gasteiger charge is 2.02. The topological polar surface area (TPSA) is 85.3 Å². The number of hydrogen-bond acceptors (Lipinski definition) is 3. The first-order valence-corrected chi connectivity index (χ1v) is 3.75. The van der Waals surface area contributed by atoms with Gasteiger partial charge in [0.2, 0.25) is 0 Å². The lowest BCUT2D eigenvalue weighted by molar-refractivity contribution is 0.249. The van der Waals surface area contributed by atoms with Gasteiger partial charge in [-0.25, -0.2) is 10.2 Å². The fourth-order valence-electron chi connectivity index (χ4n) is 0.722. The maximum Gasteiger partial charge on any atom is 0.332 e. The van der Waals surface area contributed by atoms with E-state index in [0.717, 1.165) is 0 Å². The Morgan fingerprint density at radius 3 is 3.08 bits per heavy atom. The second-order valence-corrected chi connectivity index (χ2v) is 2.64. The summed E-state index contributed by atoms with van der Waals surface area (Å²) in [7, 11) is 1.71. The maximum absolute atomic E-state index is 10.2. The van der Waals surface area contributed by atoms with Crippen molar-refractivity contribution in [3.8, 4) is 0 Å². The minimum absolute atomic E-state index is 0.456. The molecule has 1 aromatic heterocycles. The molecule has 0 spiro atoms. The van der Waals surface area contributed by atoms with Gasteiger partial charge in [-0.05, 0) is 0 Å². The largest absolute Gasteiger partial charge is 0.350 e. The summed E-state index contributed by atoms with van der Waals surface area (Å²) in [6, 6.07) is -0.727. The van der Waals surface area contributed by atoms with Crippen LogP contribution in [0.2, 0.25) is 5.02 Å². The number of nitrogens with two attached hydrogens (primary N) is 1. The Morgan fingerprint density at radius 2 is 2.62 bits per heavy atom. The zero-order chi connectivity index (χ0) is 9.84. The summed E-state index contributed by atoms with van der Waals surface area (Å²) in [6.07, 6.45) is 2.84. The van der Waals surface area contributed by atoms with E-state index in [0.29, 0.717) is 10.7 Å². The number of nitrogens with one attached hydrogen (secondary N) is 1. The van der Waals surface area contributed by atoms with Gasteiger partial charge in [-0.1, -0.05) is 11.6 Å². The molecule has 0 bridgehead atoms. The lowest BCUT2D eigenvalue weighted by Crippen LogP contribution is -2.24. The van der Waals surface area contributed by atoms with Crippen LogP contribution < -0.4 is 11.2 Å². The van der Waals surface area contributed by atoms with Crippen molar-refractivity contribution in [2.75, 3.05) is 0 Å². The molecular formula is C6H8ClN5O. The summed E-state index contributed by atoms with van der Waals surface area (Å²) >= 11 is 5.74. The van der Waals surface area contributed by atoms with E-state index in [4.69, 9.17) is 17.3 Å². The van der Waals surface area contributed by atoms with E-state index in [1.165, 1.54) is 17.1 Å². The number of carbonyl (C=O) groups is 1. The third-order valence-corrected chi connectivity index (χ3v) is 1.59. The first-order chi connectivity index (χ1) is 6.11. The van der Waals surface area contributed by atoms with Crippen molar-refractivity contribution in [1.29, 1.82) is 0 Å². The zero-order valence-electron chi connectivity index (χ0n) is 6.86. The molecule has 6 nitrogen and oxygen atoms in total. The molecule has 1 rings (SSSR count). The van der Waals surface area contributed by atoms with Gasteiger partial charge in [-0.3, -0.25) is 4.68 Å². The van der Waals surface area contributed by atoms with Crippen molar-refractivity contribution in [3.63, 3.8) is 0 Å². The number of nitrogens with zero attached hydrogens (tertiary/aromatic N) is 3. The number of halogens is 1. The Morgan fingerprint density at radius 1 is 1.92 bits per heavy atom. The quantitative estimate of drug-likeness (QED) is 0.524. The lowest BCUT2D eigenvalue weighted by Gasteiger charge is -1.94. The van der Waals surface area contributed by atoms with Gasteiger partial charge < -0.3 is 5.73 Å². The smallest absolute Gasteiger partial charge is 0.332 e. The van der Waals surface area contributed by atoms with Crippen molar-refractivity contribution in [2.45, 2.75) is 0 Å². The molecule has 3 N–H and O–H groups in total. The number of rotatable bonds is 2. The van der Waals surface area contributed by atoms with Crippen LogP contribution in [0.25, 0.3) is 0 Å². The molecule has 0 aliphatic heterocycles. The van der Waals surface area contributed by atoms with Gasteiger partial charge in [-0.15, -0.1) is 0 Å². The van der Waals surface area contributed by atoms with Crippen LogP contribution in [0.15, 0.2) is 11.3 Å². The van der Waals surface area contributed by atoms with Gasteiger partial charge in [0.25, 0.3) is 0 Å². The second-order valence-electron chi connectivity index (χ2n) is 2.24. The predicted molar refractivity (Wildman–Crippen MR) is 48.5 cm³/mol. The van der Waals surface area contributed by atoms with E-state index in [9.17, 15) is 4.79 Å². The Balaban J connectivity index is 2.73. The van der Waals surface area contributed by atoms with Crippen molar-refractivity contribution in [3.05, 3.63) is 16.9 Å². The second kappa shape index (κ2) is 3.90. The van der Waals surface area contributed by atoms with Crippen LogP contribution in [-0.2, 0) is 7.05 Å². The summed E-state index contributed by atoms with van der Waals surface area (Å²) in [5.41, 5.74) is 7.43. The van der Waals surface area contributed by atoms with E-state index in [2.05, 4.69) is 10.2 Å². The molecule has 0 fully saturated rings. The van der Waals surface area contributed by atoms with Crippen molar-refractivity contribution >= 4 is 23.8 Å². The average molecular weight is 202 g/mol. The summed E-state index contributed by atoms with van der Waals surface area (Å²) in [6.45, 7) is 0. The summed E-state index contributed by atoms with van der Waals surface area (Å²) < 4.78 is 1.52. The Labute approximate surface area is 79.4 Å². The fraction of sp³-hybridized carbons (Fsp3) is 0.167. The SMILES string of the molecule is Cn1ncc(Cl)c1/C=N/NC(N)=O. The number of amides is 2. The monoisotopic (exact) mass is 201 g/mol. The van der Waals surface area contributed by atoms with Gasteiger partial charge in [0.1, 0.15) is 0 Å². The Kier molecular flexibility index (Phi) is 2.86. The van der Waals surface area contributed by atoms with E-state index < -0.39 is 6.03 Å². The molecule has 0 unspecified atom stereocenters. The number of aromatic nitrogens is 2. The average Bonchev–Trinajstić information content (AvgIpc) is 2.34. The van der Waals surface area contributed by atoms with E-state index in [-0.39, 0.29) is 0 Å². The van der Waals surface area contributed by atoms with E-state index in [1.54, 1.807) is 7.05 Å². The molecule has 70 valence electrons. The molecule has 0 aliphatic carbocycles. The molecule has 13 heavy (non-hydrogen) atoms. The summed E-state index contributed by atoms with van der Waals surface area (Å²) in [4.78, 5) is 10.2. The highest BCUT2D eigenvalue weighted by molar-refractivity contribution is 6.32. The van der Waals surface area contributed by atoms with E-state index >= 15 is 0 Å². The molecule has 1 heterocycles. The Hall–Kier alpha value is -1.56. The molecule has 0 atom stereocenters. The molecule has 0 radical (unpaired) electrons. The number of urea groups is 1. The fourth-order valence-corrected chi connectivity index (χ4v) is 0.937. The molecule has 1 aromatic rings. The molecular weight excluding hydrogens is 194 g/mol. The minimum atomic E-state index is -0.727. The van der Waals surface area contributed by atoms with Gasteiger partial charge in [0.15, 0.2) is 0 Å². The first-order valence-electron chi connectivity index (χ1n) is 3.37. The third kappa shape index (κ3) is 2.45. The van der Waals surface area contributed by atoms with Gasteiger partial charge in [-0.2, -0.15) is 10.2 Å². The molecule has 7 heteroatoms. The highest BCUT2D eigenvalue weighted by Crippen LogP contribution is 2.10. The standard InChI is InChI=1S/C6H8ClN5O/c1-12-5(4(7)2-10-12)3-9-11-6(8)13/h2-3H,1H3,(H3,8,11,13)/b9-3+. The summed E-state index contributed by atoms with van der Waals surface area (Å²) in [5.74, 6) is 0. The van der Waals surface area contributed by atoms with Crippen LogP contribution in [0, 0.1) is 0 Å². The minimum Gasteiger partial charge on any atom is -0.350 e. The molecule has 0 aromatic carbocycles. The van der Waals surface area contributed by atoms with Crippen LogP contribution in [-0.4, -0.2) is 22.0 Å². The zero-order valence-corrected chi connectivity index (χ0v) is 7.62. The van der Waals surface area contributed by atoms with Crippen molar-refractivity contribution in [1.82, 2.24) is 15.2 Å². The van der Waals surface area contributed by atoms with Crippen molar-refractivity contribution < 1.29 is 4.79 Å². The molecule has 2 amide bonds. The number of hydrogen-bond donors (Lipinski definition) is 2. The van der Waals surface area contributed by atoms with Crippen LogP contribution in [0.4, 0.5) is 4.79 Å². The Bertz CT molecular complexity index is 325. The number of primary amides is 1. The normalized spacial score (nSPS) is 10.6. The molecule has 0 saturated heterocycles. The molecule has 0 saturated carbocycles. The van der Waals surface area contributed by atoms with E-state index in [1.807, 2.05) is 5.43 Å². The first kappa shape index (κ1) is 9.53. The number of hydrazone groups is 1. The predicted octanol–water partition coefficient (Wildman–Crippen LogP) is 0.0757. The number of aryl methyl sites for hydroxylation is 1. The van der Waals surface area contributed by atoms with Gasteiger partial charge in [0, 0.05) is 7.05 Å². The van der Waals surface area contributed by atoms with Gasteiger partial charge >= 0.3 is 6.03 Å². The van der Waals surface area contributed by atoms with Crippen LogP contribution in [0.3, 0.4) is 0 Å².